The van der Waals surface area contributed by atoms with Gasteiger partial charge in [-0.25, -0.2) is 0 Å². The van der Waals surface area contributed by atoms with E-state index in [1.54, 1.807) is 0 Å². The number of alkyl halides is 3. The van der Waals surface area contributed by atoms with Gasteiger partial charge in [0, 0.05) is 13.1 Å². The van der Waals surface area contributed by atoms with Gasteiger partial charge >= 0.3 is 6.18 Å². The molecule has 7 heteroatoms. The lowest BCUT2D eigenvalue weighted by Gasteiger charge is -2.35. The van der Waals surface area contributed by atoms with Crippen LogP contribution in [0.15, 0.2) is 48.5 Å². The summed E-state index contributed by atoms with van der Waals surface area (Å²) in [4.78, 5) is 2.32. The van der Waals surface area contributed by atoms with Crippen molar-refractivity contribution >= 4 is 0 Å². The average Bonchev–Trinajstić information content (AvgIpc) is 2.75. The number of fused-ring (bicyclic) bond motifs is 1. The predicted molar refractivity (Wildman–Crippen MR) is 109 cm³/mol. The Labute approximate surface area is 175 Å². The first-order chi connectivity index (χ1) is 14.5. The Hall–Kier alpha value is -2.25. The summed E-state index contributed by atoms with van der Waals surface area (Å²) in [5, 5.41) is 3.54. The highest BCUT2D eigenvalue weighted by Crippen LogP contribution is 2.38. The average molecular weight is 420 g/mol. The zero-order chi connectivity index (χ0) is 21.0. The number of likely N-dealkylation sites (tertiary alicyclic amines) is 1. The van der Waals surface area contributed by atoms with Crippen molar-refractivity contribution in [2.75, 3.05) is 32.8 Å². The molecule has 0 radical (unpaired) electrons. The normalized spacial score (nSPS) is 20.3. The monoisotopic (exact) mass is 420 g/mol. The molecule has 2 heterocycles. The van der Waals surface area contributed by atoms with Gasteiger partial charge in [0.25, 0.3) is 0 Å². The molecule has 1 saturated heterocycles. The third-order valence-corrected chi connectivity index (χ3v) is 5.76. The van der Waals surface area contributed by atoms with Gasteiger partial charge in [0.2, 0.25) is 0 Å². The van der Waals surface area contributed by atoms with Crippen LogP contribution in [0, 0.1) is 5.92 Å². The fourth-order valence-corrected chi connectivity index (χ4v) is 4.06. The lowest BCUT2D eigenvalue weighted by molar-refractivity contribution is -0.137. The number of rotatable bonds is 6. The molecule has 2 aliphatic rings. The summed E-state index contributed by atoms with van der Waals surface area (Å²) in [5.74, 6) is 1.20. The van der Waals surface area contributed by atoms with Gasteiger partial charge in [0.1, 0.15) is 12.7 Å². The van der Waals surface area contributed by atoms with Gasteiger partial charge in [0.05, 0.1) is 5.56 Å². The third-order valence-electron chi connectivity index (χ3n) is 5.76. The molecule has 0 amide bonds. The molecule has 0 spiro atoms. The van der Waals surface area contributed by atoms with Crippen LogP contribution < -0.4 is 14.8 Å². The van der Waals surface area contributed by atoms with Crippen LogP contribution in [-0.4, -0.2) is 43.8 Å². The Bertz CT molecular complexity index is 821. The minimum absolute atomic E-state index is 0.182. The maximum absolute atomic E-state index is 12.9. The first kappa shape index (κ1) is 21.0. The number of hydrogen-bond donors (Lipinski definition) is 1. The summed E-state index contributed by atoms with van der Waals surface area (Å²) in [7, 11) is 0. The number of hydrogen-bond acceptors (Lipinski definition) is 4. The number of ether oxygens (including phenoxy) is 2. The second kappa shape index (κ2) is 9.27. The molecule has 0 aliphatic carbocycles. The molecule has 0 aromatic heterocycles. The van der Waals surface area contributed by atoms with Crippen molar-refractivity contribution in [2.24, 2.45) is 5.92 Å². The molecule has 0 unspecified atom stereocenters. The molecule has 1 N–H and O–H groups in total. The van der Waals surface area contributed by atoms with Gasteiger partial charge in [-0.1, -0.05) is 30.3 Å². The van der Waals surface area contributed by atoms with Crippen LogP contribution in [0.2, 0.25) is 0 Å². The number of benzene rings is 2. The summed E-state index contributed by atoms with van der Waals surface area (Å²) in [6.45, 7) is 4.84. The number of nitrogens with one attached hydrogen (secondary N) is 1. The zero-order valence-corrected chi connectivity index (χ0v) is 16.8. The summed E-state index contributed by atoms with van der Waals surface area (Å²) in [6.07, 6.45) is -2.44. The maximum atomic E-state index is 12.9. The second-order valence-corrected chi connectivity index (χ2v) is 8.07. The van der Waals surface area contributed by atoms with Crippen LogP contribution in [-0.2, 0) is 12.7 Å². The highest BCUT2D eigenvalue weighted by Gasteiger charge is 2.33. The number of piperidine rings is 1. The molecule has 2 aromatic carbocycles. The van der Waals surface area contributed by atoms with E-state index in [4.69, 9.17) is 9.47 Å². The molecular weight excluding hydrogens is 393 g/mol. The molecule has 0 bridgehead atoms. The molecule has 0 saturated carbocycles. The van der Waals surface area contributed by atoms with Crippen molar-refractivity contribution in [3.8, 4) is 11.5 Å². The molecule has 2 aliphatic heterocycles. The van der Waals surface area contributed by atoms with Crippen LogP contribution in [0.4, 0.5) is 13.2 Å². The van der Waals surface area contributed by atoms with Gasteiger partial charge in [-0.15, -0.1) is 0 Å². The van der Waals surface area contributed by atoms with Gasteiger partial charge in [0.15, 0.2) is 11.5 Å². The van der Waals surface area contributed by atoms with Crippen molar-refractivity contribution in [1.82, 2.24) is 10.2 Å². The van der Waals surface area contributed by atoms with Crippen molar-refractivity contribution in [3.63, 3.8) is 0 Å². The van der Waals surface area contributed by atoms with Gasteiger partial charge < -0.3 is 14.8 Å². The van der Waals surface area contributed by atoms with E-state index in [1.165, 1.54) is 11.6 Å². The lowest BCUT2D eigenvalue weighted by atomic mass is 9.96. The lowest BCUT2D eigenvalue weighted by Crippen LogP contribution is -2.45. The maximum Gasteiger partial charge on any atom is 0.416 e. The van der Waals surface area contributed by atoms with Gasteiger partial charge in [-0.2, -0.15) is 13.2 Å². The Kier molecular flexibility index (Phi) is 6.49. The Morgan fingerprint density at radius 2 is 1.77 bits per heavy atom. The zero-order valence-electron chi connectivity index (χ0n) is 16.8. The quantitative estimate of drug-likeness (QED) is 0.754. The Balaban J connectivity index is 1.21. The minimum Gasteiger partial charge on any atom is -0.486 e. The van der Waals surface area contributed by atoms with Crippen LogP contribution in [0.1, 0.15) is 24.0 Å². The SMILES string of the molecule is FC(F)(F)c1ccc2c(c1)O[C@@H](CN1CCC(CNCc3ccccc3)CC1)CO2. The van der Waals surface area contributed by atoms with Crippen molar-refractivity contribution in [2.45, 2.75) is 31.7 Å². The van der Waals surface area contributed by atoms with E-state index < -0.39 is 11.7 Å². The number of halogens is 3. The molecule has 1 atom stereocenters. The summed E-state index contributed by atoms with van der Waals surface area (Å²) in [5.41, 5.74) is 0.577. The minimum atomic E-state index is -4.39. The first-order valence-corrected chi connectivity index (χ1v) is 10.4. The van der Waals surface area contributed by atoms with Crippen LogP contribution >= 0.6 is 0 Å². The van der Waals surface area contributed by atoms with E-state index in [-0.39, 0.29) is 11.9 Å². The third kappa shape index (κ3) is 5.46. The second-order valence-electron chi connectivity index (χ2n) is 8.07. The van der Waals surface area contributed by atoms with Gasteiger partial charge in [-0.3, -0.25) is 4.90 Å². The van der Waals surface area contributed by atoms with Crippen LogP contribution in [0.5, 0.6) is 11.5 Å². The predicted octanol–water partition coefficient (Wildman–Crippen LogP) is 4.35. The van der Waals surface area contributed by atoms with Crippen molar-refractivity contribution in [3.05, 3.63) is 59.7 Å². The smallest absolute Gasteiger partial charge is 0.416 e. The largest absolute Gasteiger partial charge is 0.486 e. The van der Waals surface area contributed by atoms with Crippen LogP contribution in [0.25, 0.3) is 0 Å². The molecule has 1 fully saturated rings. The fourth-order valence-electron chi connectivity index (χ4n) is 4.06. The summed E-state index contributed by atoms with van der Waals surface area (Å²) < 4.78 is 50.3. The van der Waals surface area contributed by atoms with E-state index in [1.807, 2.05) is 6.07 Å². The van der Waals surface area contributed by atoms with Crippen molar-refractivity contribution in [1.29, 1.82) is 0 Å². The highest BCUT2D eigenvalue weighted by atomic mass is 19.4. The van der Waals surface area contributed by atoms with E-state index in [2.05, 4.69) is 34.5 Å². The Morgan fingerprint density at radius 3 is 2.50 bits per heavy atom. The van der Waals surface area contributed by atoms with E-state index in [9.17, 15) is 13.2 Å². The molecule has 4 nitrogen and oxygen atoms in total. The molecular formula is C23H27F3N2O2. The standard InChI is InChI=1S/C23H27F3N2O2/c24-23(25,26)19-6-7-21-22(12-19)30-20(16-29-21)15-28-10-8-18(9-11-28)14-27-13-17-4-2-1-3-5-17/h1-7,12,18,20,27H,8-11,13-16H2/t20-/m0/s1. The Morgan fingerprint density at radius 1 is 1.00 bits per heavy atom. The van der Waals surface area contributed by atoms with E-state index >= 15 is 0 Å². The molecule has 2 aromatic rings. The topological polar surface area (TPSA) is 33.7 Å². The van der Waals surface area contributed by atoms with Crippen LogP contribution in [0.3, 0.4) is 0 Å². The molecule has 4 rings (SSSR count). The summed E-state index contributed by atoms with van der Waals surface area (Å²) in [6, 6.07) is 13.8. The van der Waals surface area contributed by atoms with Crippen molar-refractivity contribution < 1.29 is 22.6 Å². The highest BCUT2D eigenvalue weighted by molar-refractivity contribution is 5.45. The number of nitrogens with zero attached hydrogens (tertiary/aromatic N) is 1. The fraction of sp³-hybridized carbons (Fsp3) is 0.478. The molecule has 30 heavy (non-hydrogen) atoms. The van der Waals surface area contributed by atoms with Gasteiger partial charge in [-0.05, 0) is 62.2 Å². The van der Waals surface area contributed by atoms with E-state index in [0.29, 0.717) is 24.8 Å². The molecule has 162 valence electrons. The summed E-state index contributed by atoms with van der Waals surface area (Å²) >= 11 is 0. The first-order valence-electron chi connectivity index (χ1n) is 10.4. The van der Waals surface area contributed by atoms with E-state index in [0.717, 1.165) is 51.2 Å².